The van der Waals surface area contributed by atoms with Crippen LogP contribution >= 0.6 is 15.6 Å². The van der Waals surface area contributed by atoms with Gasteiger partial charge in [-0.2, -0.15) is 0 Å². The number of allylic oxidation sites excluding steroid dienone is 4. The van der Waals surface area contributed by atoms with Crippen LogP contribution in [-0.2, 0) is 57.8 Å². The number of phosphoric ester groups is 2. The number of Topliss-reactive ketones (excluding diaryl/α,β-unsaturated/α-hetero) is 1. The molecule has 1 aliphatic heterocycles. The van der Waals surface area contributed by atoms with Crippen molar-refractivity contribution in [2.24, 2.45) is 28.6 Å². The molecule has 298 valence electrons. The Morgan fingerprint density at radius 1 is 1.02 bits per heavy atom. The second-order valence-electron chi connectivity index (χ2n) is 15.0. The molecular weight excluding hydrogens is 762 g/mol. The van der Waals surface area contributed by atoms with Crippen molar-refractivity contribution < 1.29 is 71.2 Å². The van der Waals surface area contributed by atoms with E-state index in [1.54, 1.807) is 37.3 Å². The summed E-state index contributed by atoms with van der Waals surface area (Å²) in [5, 5.41) is 26.5. The third-order valence-electron chi connectivity index (χ3n) is 11.8. The van der Waals surface area contributed by atoms with Crippen LogP contribution in [0.25, 0.3) is 0 Å². The number of aliphatic hydroxyl groups is 2. The van der Waals surface area contributed by atoms with Crippen LogP contribution in [0.5, 0.6) is 0 Å². The largest absolute Gasteiger partial charge is 0.756 e. The Morgan fingerprint density at radius 3 is 2.38 bits per heavy atom. The van der Waals surface area contributed by atoms with Gasteiger partial charge in [0.2, 0.25) is 5.91 Å². The van der Waals surface area contributed by atoms with E-state index in [4.69, 9.17) is 9.26 Å². The Bertz CT molecular complexity index is 1920. The molecule has 1 heterocycles. The molecule has 0 saturated heterocycles. The Morgan fingerprint density at radius 2 is 1.69 bits per heavy atom. The number of hydrogen-bond donors (Lipinski definition) is 3. The first-order valence-corrected chi connectivity index (χ1v) is 20.7. The van der Waals surface area contributed by atoms with Gasteiger partial charge in [0.15, 0.2) is 17.2 Å². The van der Waals surface area contributed by atoms with Crippen molar-refractivity contribution in [2.45, 2.75) is 63.9 Å². The van der Waals surface area contributed by atoms with Crippen LogP contribution in [0.2, 0.25) is 0 Å². The number of aliphatic hydroxyl groups excluding tert-OH is 1. The lowest BCUT2D eigenvalue weighted by Crippen LogP contribution is -2.64. The Kier molecular flexibility index (Phi) is 11.6. The highest BCUT2D eigenvalue weighted by molar-refractivity contribution is 7.59. The predicted molar refractivity (Wildman–Crippen MR) is 185 cm³/mol. The van der Waals surface area contributed by atoms with Crippen LogP contribution in [0.1, 0.15) is 45.1 Å². The van der Waals surface area contributed by atoms with Crippen molar-refractivity contribution in [2.75, 3.05) is 26.3 Å². The van der Waals surface area contributed by atoms with Crippen LogP contribution in [0, 0.1) is 28.6 Å². The molecule has 6 rings (SSSR count). The lowest BCUT2D eigenvalue weighted by molar-refractivity contribution is -0.244. The van der Waals surface area contributed by atoms with Gasteiger partial charge < -0.3 is 39.1 Å². The van der Waals surface area contributed by atoms with Crippen molar-refractivity contribution in [1.82, 2.24) is 10.2 Å². The van der Waals surface area contributed by atoms with E-state index in [1.807, 2.05) is 19.1 Å². The normalized spacial score (nSPS) is 34.7. The van der Waals surface area contributed by atoms with E-state index >= 15 is 0 Å². The van der Waals surface area contributed by atoms with Gasteiger partial charge in [-0.05, 0) is 55.2 Å². The summed E-state index contributed by atoms with van der Waals surface area (Å²) in [7, 11) is -11.5. The van der Waals surface area contributed by atoms with E-state index in [9.17, 15) is 53.1 Å². The number of phosphoric acid groups is 2. The van der Waals surface area contributed by atoms with Crippen molar-refractivity contribution >= 4 is 44.9 Å². The zero-order valence-corrected chi connectivity index (χ0v) is 31.9. The number of ketones is 2. The van der Waals surface area contributed by atoms with E-state index in [1.165, 1.54) is 6.08 Å². The van der Waals surface area contributed by atoms with Gasteiger partial charge in [0.05, 0.1) is 25.4 Å². The summed E-state index contributed by atoms with van der Waals surface area (Å²) >= 11 is 0. The molecule has 0 spiro atoms. The summed E-state index contributed by atoms with van der Waals surface area (Å²) in [6, 6.07) is 8.97. The highest BCUT2D eigenvalue weighted by atomic mass is 31.3. The number of carbonyl (C=O) groups excluding carboxylic acids is 5. The average Bonchev–Trinajstić information content (AvgIpc) is 3.55. The zero-order valence-electron chi connectivity index (χ0n) is 30.1. The summed E-state index contributed by atoms with van der Waals surface area (Å²) in [5.41, 5.74) is -2.78. The molecule has 3 amide bonds. The molecule has 1 aromatic rings. The van der Waals surface area contributed by atoms with E-state index in [0.717, 1.165) is 23.3 Å². The maximum Gasteiger partial charge on any atom is 0.274 e. The summed E-state index contributed by atoms with van der Waals surface area (Å²) < 4.78 is 44.6. The minimum Gasteiger partial charge on any atom is -0.756 e. The fourth-order valence-electron chi connectivity index (χ4n) is 9.32. The predicted octanol–water partition coefficient (Wildman–Crippen LogP) is 0.788. The number of rotatable bonds is 15. The molecule has 3 N–H and O–H groups in total. The summed E-state index contributed by atoms with van der Waals surface area (Å²) in [6.45, 7) is 0.323. The third-order valence-corrected chi connectivity index (χ3v) is 14.4. The first-order valence-electron chi connectivity index (χ1n) is 17.8. The minimum absolute atomic E-state index is 0.0110. The standard InChI is InChI=1S/C36H44N2O15P2/c1-34-13-12-24(39)16-23(34)8-9-25-26-17-29(50-20-22-6-4-3-5-7-22)36(45,35(26,2)18-27(40)33(25)34)28(41)21-52-55(48,49)53-54(46,47)51-15-14-37-30(42)19-38-31(43)10-11-32(38)44/h3-7,10-13,16,25-27,29,33,40,45H,8-9,14-15,17-21H2,1-2H3,(H,37,42)(H,46,47)(H,48,49)/p-2/t25-,26-,27-,29+,33+,34-,35-,36+/m0/s1. The quantitative estimate of drug-likeness (QED) is 0.126. The number of ether oxygens (including phenoxy) is 1. The molecule has 0 bridgehead atoms. The van der Waals surface area contributed by atoms with Crippen LogP contribution in [0.4, 0.5) is 0 Å². The van der Waals surface area contributed by atoms with Gasteiger partial charge in [-0.15, -0.1) is 0 Å². The number of amides is 3. The summed E-state index contributed by atoms with van der Waals surface area (Å²) in [6.07, 6.45) is 5.82. The van der Waals surface area contributed by atoms with E-state index in [-0.39, 0.29) is 37.1 Å². The van der Waals surface area contributed by atoms with Crippen LogP contribution in [0.15, 0.2) is 66.3 Å². The molecule has 5 aliphatic rings. The maximum atomic E-state index is 14.1. The van der Waals surface area contributed by atoms with Crippen molar-refractivity contribution in [3.05, 3.63) is 71.8 Å². The number of benzene rings is 1. The molecule has 3 saturated carbocycles. The monoisotopic (exact) mass is 804 g/mol. The third kappa shape index (κ3) is 8.06. The number of nitrogens with one attached hydrogen (secondary N) is 1. The van der Waals surface area contributed by atoms with Gasteiger partial charge in [0, 0.05) is 35.4 Å². The Balaban J connectivity index is 1.13. The fraction of sp³-hybridized carbons (Fsp3) is 0.528. The molecule has 10 atom stereocenters. The molecule has 17 nitrogen and oxygen atoms in total. The van der Waals surface area contributed by atoms with Crippen LogP contribution in [-0.4, -0.2) is 88.5 Å². The summed E-state index contributed by atoms with van der Waals surface area (Å²) in [4.78, 5) is 87.2. The molecule has 19 heteroatoms. The second-order valence-corrected chi connectivity index (χ2v) is 17.9. The van der Waals surface area contributed by atoms with Gasteiger partial charge in [0.1, 0.15) is 13.2 Å². The first-order chi connectivity index (χ1) is 25.8. The molecule has 3 fully saturated rings. The van der Waals surface area contributed by atoms with E-state index in [0.29, 0.717) is 17.7 Å². The van der Waals surface area contributed by atoms with Gasteiger partial charge in [0.25, 0.3) is 27.5 Å². The highest BCUT2D eigenvalue weighted by Crippen LogP contribution is 2.68. The Hall–Kier alpha value is -3.47. The SMILES string of the molecule is C[C@]12C=CC(=O)C=C1CC[C@@H]1[C@@H]2[C@@H](O)C[C@@]2(C)[C@H]1C[C@@H](OCc1ccccc1)[C@]2(O)C(=O)COP(=O)([O-])OP(=O)([O-])OCCNC(=O)CN1C(=O)C=CC1=O. The topological polar surface area (TPSA) is 258 Å². The molecule has 2 unspecified atom stereocenters. The average molecular weight is 805 g/mol. The molecular formula is C36H42N2O15P2-2. The smallest absolute Gasteiger partial charge is 0.274 e. The van der Waals surface area contributed by atoms with Gasteiger partial charge in [-0.1, -0.05) is 55.8 Å². The molecule has 4 aliphatic carbocycles. The van der Waals surface area contributed by atoms with Crippen molar-refractivity contribution in [1.29, 1.82) is 0 Å². The van der Waals surface area contributed by atoms with E-state index in [2.05, 4.69) is 14.2 Å². The number of hydrogen-bond acceptors (Lipinski definition) is 15. The van der Waals surface area contributed by atoms with E-state index < -0.39 is 100 Å². The zero-order chi connectivity index (χ0) is 40.0. The number of carbonyl (C=O) groups is 5. The molecule has 0 aromatic heterocycles. The lowest BCUT2D eigenvalue weighted by Gasteiger charge is -2.59. The van der Waals surface area contributed by atoms with Crippen LogP contribution in [0.3, 0.4) is 0 Å². The minimum atomic E-state index is -5.84. The van der Waals surface area contributed by atoms with Crippen LogP contribution < -0.4 is 15.1 Å². The van der Waals surface area contributed by atoms with Crippen molar-refractivity contribution in [3.8, 4) is 0 Å². The highest BCUT2D eigenvalue weighted by Gasteiger charge is 2.72. The molecule has 0 radical (unpaired) electrons. The molecule has 1 aromatic carbocycles. The number of fused-ring (bicyclic) bond motifs is 5. The first kappa shape index (κ1) is 41.2. The maximum absolute atomic E-state index is 14.1. The number of imide groups is 1. The number of nitrogens with zero attached hydrogens (tertiary/aromatic N) is 1. The lowest BCUT2D eigenvalue weighted by atomic mass is 9.46. The summed E-state index contributed by atoms with van der Waals surface area (Å²) in [5.74, 6) is -4.52. The fourth-order valence-corrected chi connectivity index (χ4v) is 11.3. The Labute approximate surface area is 316 Å². The van der Waals surface area contributed by atoms with Gasteiger partial charge in [-0.3, -0.25) is 38.0 Å². The van der Waals surface area contributed by atoms with Crippen molar-refractivity contribution in [3.63, 3.8) is 0 Å². The second kappa shape index (κ2) is 15.5. The van der Waals surface area contributed by atoms with Gasteiger partial charge >= 0.3 is 0 Å². The van der Waals surface area contributed by atoms with Gasteiger partial charge in [-0.25, -0.2) is 4.31 Å². The molecule has 55 heavy (non-hydrogen) atoms.